The molecule has 1 atom stereocenters. The highest BCUT2D eigenvalue weighted by Gasteiger charge is 2.32. The molecule has 3 rings (SSSR count). The Bertz CT molecular complexity index is 822. The highest BCUT2D eigenvalue weighted by molar-refractivity contribution is 9.10. The molecular weight excluding hydrogens is 384 g/mol. The molecule has 0 aliphatic carbocycles. The van der Waals surface area contributed by atoms with Crippen molar-refractivity contribution in [3.63, 3.8) is 0 Å². The monoisotopic (exact) mass is 402 g/mol. The van der Waals surface area contributed by atoms with Crippen molar-refractivity contribution in [1.82, 2.24) is 0 Å². The third-order valence-corrected chi connectivity index (χ3v) is 4.80. The highest BCUT2D eigenvalue weighted by atomic mass is 79.9. The minimum atomic E-state index is -0.627. The van der Waals surface area contributed by atoms with Crippen molar-refractivity contribution in [3.05, 3.63) is 52.5 Å². The number of para-hydroxylation sites is 2. The van der Waals surface area contributed by atoms with Gasteiger partial charge in [-0.25, -0.2) is 0 Å². The quantitative estimate of drug-likeness (QED) is 0.846. The first-order valence-corrected chi connectivity index (χ1v) is 8.85. The molecule has 1 aliphatic rings. The fourth-order valence-corrected chi connectivity index (χ4v) is 3.42. The lowest BCUT2D eigenvalue weighted by Crippen LogP contribution is -2.48. The van der Waals surface area contributed by atoms with Crippen LogP contribution in [-0.4, -0.2) is 25.0 Å². The van der Waals surface area contributed by atoms with E-state index in [1.165, 1.54) is 0 Å². The summed E-state index contributed by atoms with van der Waals surface area (Å²) in [7, 11) is 1.55. The van der Waals surface area contributed by atoms with Crippen LogP contribution in [0.25, 0.3) is 0 Å². The first-order chi connectivity index (χ1) is 12.0. The number of anilines is 2. The Hall–Kier alpha value is -2.34. The van der Waals surface area contributed by atoms with Gasteiger partial charge in [-0.15, -0.1) is 0 Å². The number of rotatable bonds is 4. The summed E-state index contributed by atoms with van der Waals surface area (Å²) in [6.07, 6.45) is 1.08. The maximum atomic E-state index is 12.7. The molecule has 0 bridgehead atoms. The summed E-state index contributed by atoms with van der Waals surface area (Å²) in [6.45, 7) is 1.74. The van der Waals surface area contributed by atoms with E-state index < -0.39 is 6.04 Å². The molecule has 0 saturated carbocycles. The molecule has 2 amide bonds. The van der Waals surface area contributed by atoms with Gasteiger partial charge in [0.1, 0.15) is 11.8 Å². The number of halogens is 1. The molecule has 0 spiro atoms. The predicted octanol–water partition coefficient (Wildman–Crippen LogP) is 3.76. The molecule has 2 aromatic rings. The second kappa shape index (κ2) is 7.27. The van der Waals surface area contributed by atoms with Crippen LogP contribution in [0.5, 0.6) is 5.75 Å². The van der Waals surface area contributed by atoms with E-state index in [1.54, 1.807) is 31.1 Å². The summed E-state index contributed by atoms with van der Waals surface area (Å²) < 4.78 is 6.23. The maximum absolute atomic E-state index is 12.7. The standard InChI is InChI=1S/C19H19BrN2O3/c1-12(19(24)21-15-5-3-4-6-17(15)25-2)22-16-9-8-14(20)11-13(16)7-10-18(22)23/h3-6,8-9,11-12H,7,10H2,1-2H3,(H,21,24). The van der Waals surface area contributed by atoms with E-state index in [9.17, 15) is 9.59 Å². The van der Waals surface area contributed by atoms with Gasteiger partial charge < -0.3 is 10.1 Å². The van der Waals surface area contributed by atoms with E-state index in [2.05, 4.69) is 21.2 Å². The largest absolute Gasteiger partial charge is 0.495 e. The van der Waals surface area contributed by atoms with Crippen LogP contribution in [0.15, 0.2) is 46.9 Å². The summed E-state index contributed by atoms with van der Waals surface area (Å²) in [5.74, 6) is 0.281. The van der Waals surface area contributed by atoms with E-state index in [4.69, 9.17) is 4.74 Å². The Morgan fingerprint density at radius 3 is 2.76 bits per heavy atom. The number of methoxy groups -OCH3 is 1. The first kappa shape index (κ1) is 17.5. The lowest BCUT2D eigenvalue weighted by atomic mass is 9.99. The zero-order chi connectivity index (χ0) is 18.0. The van der Waals surface area contributed by atoms with Crippen molar-refractivity contribution in [2.24, 2.45) is 0 Å². The van der Waals surface area contributed by atoms with Crippen molar-refractivity contribution in [2.75, 3.05) is 17.3 Å². The highest BCUT2D eigenvalue weighted by Crippen LogP contribution is 2.32. The van der Waals surface area contributed by atoms with E-state index >= 15 is 0 Å². The van der Waals surface area contributed by atoms with Gasteiger partial charge in [0, 0.05) is 16.6 Å². The van der Waals surface area contributed by atoms with Crippen LogP contribution in [-0.2, 0) is 16.0 Å². The lowest BCUT2D eigenvalue weighted by Gasteiger charge is -2.33. The number of ether oxygens (including phenoxy) is 1. The number of amides is 2. The van der Waals surface area contributed by atoms with Crippen molar-refractivity contribution in [1.29, 1.82) is 0 Å². The van der Waals surface area contributed by atoms with Crippen LogP contribution in [0.2, 0.25) is 0 Å². The fraction of sp³-hybridized carbons (Fsp3) is 0.263. The van der Waals surface area contributed by atoms with Crippen LogP contribution in [0.4, 0.5) is 11.4 Å². The Morgan fingerprint density at radius 2 is 2.00 bits per heavy atom. The second-order valence-corrected chi connectivity index (χ2v) is 6.82. The van der Waals surface area contributed by atoms with Gasteiger partial charge in [0.05, 0.1) is 12.8 Å². The molecule has 1 N–H and O–H groups in total. The molecule has 6 heteroatoms. The molecule has 0 aromatic heterocycles. The van der Waals surface area contributed by atoms with Gasteiger partial charge >= 0.3 is 0 Å². The number of fused-ring (bicyclic) bond motifs is 1. The van der Waals surface area contributed by atoms with E-state index in [-0.39, 0.29) is 11.8 Å². The Balaban J connectivity index is 1.86. The zero-order valence-corrected chi connectivity index (χ0v) is 15.7. The molecule has 25 heavy (non-hydrogen) atoms. The van der Waals surface area contributed by atoms with Crippen molar-refractivity contribution in [3.8, 4) is 5.75 Å². The van der Waals surface area contributed by atoms with Gasteiger partial charge in [0.15, 0.2) is 0 Å². The zero-order valence-electron chi connectivity index (χ0n) is 14.1. The van der Waals surface area contributed by atoms with Crippen LogP contribution in [0.3, 0.4) is 0 Å². The third kappa shape index (κ3) is 3.54. The Labute approximate surface area is 155 Å². The van der Waals surface area contributed by atoms with Gasteiger partial charge in [-0.2, -0.15) is 0 Å². The summed E-state index contributed by atoms with van der Waals surface area (Å²) >= 11 is 3.45. The average molecular weight is 403 g/mol. The second-order valence-electron chi connectivity index (χ2n) is 5.90. The molecular formula is C19H19BrN2O3. The lowest BCUT2D eigenvalue weighted by molar-refractivity contribution is -0.123. The Morgan fingerprint density at radius 1 is 1.24 bits per heavy atom. The number of carbonyl (C=O) groups excluding carboxylic acids is 2. The number of benzene rings is 2. The minimum absolute atomic E-state index is 0.0440. The average Bonchev–Trinajstić information content (AvgIpc) is 2.61. The number of hydrogen-bond donors (Lipinski definition) is 1. The maximum Gasteiger partial charge on any atom is 0.247 e. The molecule has 1 heterocycles. The summed E-state index contributed by atoms with van der Waals surface area (Å²) in [4.78, 5) is 26.8. The minimum Gasteiger partial charge on any atom is -0.495 e. The number of aryl methyl sites for hydroxylation is 1. The van der Waals surface area contributed by atoms with Gasteiger partial charge in [0.25, 0.3) is 0 Å². The molecule has 1 aliphatic heterocycles. The number of nitrogens with one attached hydrogen (secondary N) is 1. The predicted molar refractivity (Wildman–Crippen MR) is 101 cm³/mol. The van der Waals surface area contributed by atoms with E-state index in [0.717, 1.165) is 15.7 Å². The number of hydrogen-bond acceptors (Lipinski definition) is 3. The van der Waals surface area contributed by atoms with Crippen molar-refractivity contribution >= 4 is 39.1 Å². The molecule has 1 unspecified atom stereocenters. The van der Waals surface area contributed by atoms with Gasteiger partial charge in [-0.3, -0.25) is 14.5 Å². The van der Waals surface area contributed by atoms with E-state index in [1.807, 2.05) is 30.3 Å². The van der Waals surface area contributed by atoms with Crippen molar-refractivity contribution in [2.45, 2.75) is 25.8 Å². The first-order valence-electron chi connectivity index (χ1n) is 8.05. The summed E-state index contributed by atoms with van der Waals surface area (Å²) in [5.41, 5.74) is 2.44. The number of carbonyl (C=O) groups is 2. The summed E-state index contributed by atoms with van der Waals surface area (Å²) in [5, 5.41) is 2.85. The van der Waals surface area contributed by atoms with Crippen LogP contribution in [0, 0.1) is 0 Å². The van der Waals surface area contributed by atoms with Crippen LogP contribution in [0.1, 0.15) is 18.9 Å². The molecule has 2 aromatic carbocycles. The van der Waals surface area contributed by atoms with Gasteiger partial charge in [-0.05, 0) is 49.2 Å². The smallest absolute Gasteiger partial charge is 0.247 e. The van der Waals surface area contributed by atoms with E-state index in [0.29, 0.717) is 24.3 Å². The molecule has 130 valence electrons. The summed E-state index contributed by atoms with van der Waals surface area (Å²) in [6, 6.07) is 12.3. The normalized spacial score (nSPS) is 14.7. The van der Waals surface area contributed by atoms with Crippen LogP contribution < -0.4 is 15.0 Å². The SMILES string of the molecule is COc1ccccc1NC(=O)C(C)N1C(=O)CCc2cc(Br)ccc21. The third-order valence-electron chi connectivity index (χ3n) is 4.31. The van der Waals surface area contributed by atoms with Crippen LogP contribution >= 0.6 is 15.9 Å². The fourth-order valence-electron chi connectivity index (χ4n) is 3.01. The Kier molecular flexibility index (Phi) is 5.08. The number of nitrogens with zero attached hydrogens (tertiary/aromatic N) is 1. The topological polar surface area (TPSA) is 58.6 Å². The van der Waals surface area contributed by atoms with Gasteiger partial charge in [-0.1, -0.05) is 28.1 Å². The molecule has 0 fully saturated rings. The molecule has 0 radical (unpaired) electrons. The molecule has 5 nitrogen and oxygen atoms in total. The van der Waals surface area contributed by atoms with Crippen molar-refractivity contribution < 1.29 is 14.3 Å². The molecule has 0 saturated heterocycles. The van der Waals surface area contributed by atoms with Gasteiger partial charge in [0.2, 0.25) is 11.8 Å².